The summed E-state index contributed by atoms with van der Waals surface area (Å²) < 4.78 is 27.4. The zero-order chi connectivity index (χ0) is 13.9. The SMILES string of the molecule is CCC(CC)NS(=O)(=O)c1cc(C)cc(N)c1C. The molecule has 4 nitrogen and oxygen atoms in total. The summed E-state index contributed by atoms with van der Waals surface area (Å²) in [5, 5.41) is 0. The summed E-state index contributed by atoms with van der Waals surface area (Å²) in [5.74, 6) is 0. The first-order valence-corrected chi connectivity index (χ1v) is 7.69. The van der Waals surface area contributed by atoms with Gasteiger partial charge in [-0.3, -0.25) is 0 Å². The lowest BCUT2D eigenvalue weighted by Crippen LogP contribution is -2.34. The summed E-state index contributed by atoms with van der Waals surface area (Å²) in [6, 6.07) is 3.41. The Morgan fingerprint density at radius 2 is 1.78 bits per heavy atom. The smallest absolute Gasteiger partial charge is 0.241 e. The van der Waals surface area contributed by atoms with E-state index in [1.807, 2.05) is 20.8 Å². The molecule has 3 N–H and O–H groups in total. The summed E-state index contributed by atoms with van der Waals surface area (Å²) in [6.45, 7) is 7.50. The van der Waals surface area contributed by atoms with Crippen molar-refractivity contribution in [3.63, 3.8) is 0 Å². The lowest BCUT2D eigenvalue weighted by molar-refractivity contribution is 0.530. The van der Waals surface area contributed by atoms with Gasteiger partial charge in [0, 0.05) is 11.7 Å². The Balaban J connectivity index is 3.20. The zero-order valence-electron chi connectivity index (χ0n) is 11.4. The fourth-order valence-electron chi connectivity index (χ4n) is 1.87. The standard InChI is InChI=1S/C13H22N2O2S/c1-5-11(6-2)15-18(16,17)13-8-9(3)7-12(14)10(13)4/h7-8,11,15H,5-6,14H2,1-4H3. The van der Waals surface area contributed by atoms with E-state index in [-0.39, 0.29) is 10.9 Å². The Bertz CT molecular complexity index is 520. The molecule has 0 saturated carbocycles. The zero-order valence-corrected chi connectivity index (χ0v) is 12.3. The van der Waals surface area contributed by atoms with E-state index in [9.17, 15) is 8.42 Å². The number of hydrogen-bond acceptors (Lipinski definition) is 3. The van der Waals surface area contributed by atoms with Gasteiger partial charge in [0.05, 0.1) is 4.90 Å². The number of nitrogens with two attached hydrogens (primary N) is 1. The molecule has 0 aliphatic heterocycles. The van der Waals surface area contributed by atoms with Crippen LogP contribution in [0.25, 0.3) is 0 Å². The van der Waals surface area contributed by atoms with Crippen molar-refractivity contribution in [3.8, 4) is 0 Å². The Morgan fingerprint density at radius 3 is 2.28 bits per heavy atom. The molecule has 1 aromatic carbocycles. The maximum atomic E-state index is 12.3. The van der Waals surface area contributed by atoms with Crippen LogP contribution in [0, 0.1) is 13.8 Å². The van der Waals surface area contributed by atoms with Crippen LogP contribution in [-0.2, 0) is 10.0 Å². The van der Waals surface area contributed by atoms with Crippen LogP contribution >= 0.6 is 0 Å². The van der Waals surface area contributed by atoms with Crippen LogP contribution in [0.5, 0.6) is 0 Å². The average molecular weight is 270 g/mol. The first kappa shape index (κ1) is 15.0. The van der Waals surface area contributed by atoms with E-state index >= 15 is 0 Å². The topological polar surface area (TPSA) is 72.2 Å². The lowest BCUT2D eigenvalue weighted by Gasteiger charge is -2.17. The van der Waals surface area contributed by atoms with Gasteiger partial charge in [0.15, 0.2) is 0 Å². The molecule has 1 aromatic rings. The minimum atomic E-state index is -3.49. The van der Waals surface area contributed by atoms with Gasteiger partial charge in [0.2, 0.25) is 10.0 Å². The van der Waals surface area contributed by atoms with Gasteiger partial charge >= 0.3 is 0 Å². The second-order valence-electron chi connectivity index (χ2n) is 4.61. The molecule has 0 aliphatic rings. The van der Waals surface area contributed by atoms with Crippen molar-refractivity contribution in [3.05, 3.63) is 23.3 Å². The molecule has 0 heterocycles. The number of aryl methyl sites for hydroxylation is 1. The van der Waals surface area contributed by atoms with Gasteiger partial charge in [0.25, 0.3) is 0 Å². The number of nitrogen functional groups attached to an aromatic ring is 1. The third kappa shape index (κ3) is 3.23. The Hall–Kier alpha value is -1.07. The largest absolute Gasteiger partial charge is 0.398 e. The van der Waals surface area contributed by atoms with E-state index < -0.39 is 10.0 Å². The lowest BCUT2D eigenvalue weighted by atomic mass is 10.1. The number of rotatable bonds is 5. The van der Waals surface area contributed by atoms with Crippen molar-refractivity contribution in [2.75, 3.05) is 5.73 Å². The summed E-state index contributed by atoms with van der Waals surface area (Å²) >= 11 is 0. The van der Waals surface area contributed by atoms with Gasteiger partial charge in [-0.25, -0.2) is 13.1 Å². The van der Waals surface area contributed by atoms with Crippen molar-refractivity contribution in [1.29, 1.82) is 0 Å². The molecular formula is C13H22N2O2S. The molecule has 0 saturated heterocycles. The minimum absolute atomic E-state index is 0.0314. The fourth-order valence-corrected chi connectivity index (χ4v) is 3.63. The highest BCUT2D eigenvalue weighted by atomic mass is 32.2. The summed E-state index contributed by atoms with van der Waals surface area (Å²) in [7, 11) is -3.49. The van der Waals surface area contributed by atoms with Crippen LogP contribution in [0.4, 0.5) is 5.69 Å². The second kappa shape index (κ2) is 5.71. The third-order valence-electron chi connectivity index (χ3n) is 3.14. The van der Waals surface area contributed by atoms with Gasteiger partial charge in [-0.05, 0) is 49.9 Å². The number of nitrogens with one attached hydrogen (secondary N) is 1. The number of hydrogen-bond donors (Lipinski definition) is 2. The second-order valence-corrected chi connectivity index (χ2v) is 6.29. The fraction of sp³-hybridized carbons (Fsp3) is 0.538. The first-order chi connectivity index (χ1) is 8.31. The Labute approximate surface area is 110 Å². The highest BCUT2D eigenvalue weighted by Gasteiger charge is 2.21. The molecule has 0 aliphatic carbocycles. The Morgan fingerprint density at radius 1 is 1.22 bits per heavy atom. The molecule has 0 atom stereocenters. The molecule has 18 heavy (non-hydrogen) atoms. The molecule has 0 amide bonds. The first-order valence-electron chi connectivity index (χ1n) is 6.20. The van der Waals surface area contributed by atoms with E-state index in [4.69, 9.17) is 5.73 Å². The quantitative estimate of drug-likeness (QED) is 0.807. The third-order valence-corrected chi connectivity index (χ3v) is 4.79. The van der Waals surface area contributed by atoms with Crippen molar-refractivity contribution < 1.29 is 8.42 Å². The highest BCUT2D eigenvalue weighted by Crippen LogP contribution is 2.23. The number of anilines is 1. The van der Waals surface area contributed by atoms with Crippen molar-refractivity contribution in [1.82, 2.24) is 4.72 Å². The van der Waals surface area contributed by atoms with Gasteiger partial charge in [0.1, 0.15) is 0 Å². The maximum absolute atomic E-state index is 12.3. The van der Waals surface area contributed by atoms with Crippen LogP contribution in [0.3, 0.4) is 0 Å². The van der Waals surface area contributed by atoms with E-state index in [1.165, 1.54) is 0 Å². The van der Waals surface area contributed by atoms with Crippen LogP contribution in [0.1, 0.15) is 37.8 Å². The van der Waals surface area contributed by atoms with Crippen molar-refractivity contribution in [2.45, 2.75) is 51.5 Å². The molecule has 5 heteroatoms. The Kier molecular flexibility index (Phi) is 4.76. The molecule has 0 fully saturated rings. The average Bonchev–Trinajstić information content (AvgIpc) is 2.30. The van der Waals surface area contributed by atoms with Gasteiger partial charge in [-0.15, -0.1) is 0 Å². The van der Waals surface area contributed by atoms with Crippen LogP contribution in [-0.4, -0.2) is 14.5 Å². The molecule has 0 aromatic heterocycles. The van der Waals surface area contributed by atoms with Crippen LogP contribution < -0.4 is 10.5 Å². The number of sulfonamides is 1. The van der Waals surface area contributed by atoms with E-state index in [1.54, 1.807) is 19.1 Å². The van der Waals surface area contributed by atoms with E-state index in [0.717, 1.165) is 18.4 Å². The van der Waals surface area contributed by atoms with Crippen LogP contribution in [0.2, 0.25) is 0 Å². The molecule has 0 bridgehead atoms. The summed E-state index contributed by atoms with van der Waals surface area (Å²) in [4.78, 5) is 0.284. The summed E-state index contributed by atoms with van der Waals surface area (Å²) in [5.41, 5.74) is 7.80. The van der Waals surface area contributed by atoms with Crippen molar-refractivity contribution in [2.24, 2.45) is 0 Å². The minimum Gasteiger partial charge on any atom is -0.398 e. The van der Waals surface area contributed by atoms with Gasteiger partial charge in [-0.1, -0.05) is 13.8 Å². The van der Waals surface area contributed by atoms with Gasteiger partial charge in [-0.2, -0.15) is 0 Å². The molecule has 102 valence electrons. The predicted molar refractivity (Wildman–Crippen MR) is 75.0 cm³/mol. The maximum Gasteiger partial charge on any atom is 0.241 e. The normalized spacial score (nSPS) is 12.1. The van der Waals surface area contributed by atoms with Crippen LogP contribution in [0.15, 0.2) is 17.0 Å². The summed E-state index contributed by atoms with van der Waals surface area (Å²) in [6.07, 6.45) is 1.55. The monoisotopic (exact) mass is 270 g/mol. The van der Waals surface area contributed by atoms with E-state index in [2.05, 4.69) is 4.72 Å². The highest BCUT2D eigenvalue weighted by molar-refractivity contribution is 7.89. The molecule has 0 radical (unpaired) electrons. The number of benzene rings is 1. The predicted octanol–water partition coefficient (Wildman–Crippen LogP) is 2.35. The molecule has 1 rings (SSSR count). The van der Waals surface area contributed by atoms with E-state index in [0.29, 0.717) is 11.3 Å². The van der Waals surface area contributed by atoms with Crippen molar-refractivity contribution >= 4 is 15.7 Å². The molecule has 0 spiro atoms. The molecular weight excluding hydrogens is 248 g/mol. The van der Waals surface area contributed by atoms with Gasteiger partial charge < -0.3 is 5.73 Å². The molecule has 0 unspecified atom stereocenters.